The van der Waals surface area contributed by atoms with Crippen molar-refractivity contribution >= 4 is 33.9 Å². The summed E-state index contributed by atoms with van der Waals surface area (Å²) in [5, 5.41) is 14.0. The number of esters is 1. The molecule has 0 atom stereocenters. The Kier molecular flexibility index (Phi) is 5.30. The number of ether oxygens (including phenoxy) is 1. The molecule has 0 aliphatic rings. The summed E-state index contributed by atoms with van der Waals surface area (Å²) in [4.78, 5) is 35.7. The molecule has 1 amide bonds. The molecule has 1 aromatic carbocycles. The highest BCUT2D eigenvalue weighted by Gasteiger charge is 2.21. The van der Waals surface area contributed by atoms with Crippen molar-refractivity contribution < 1.29 is 19.2 Å². The number of aryl methyl sites for hydroxylation is 1. The van der Waals surface area contributed by atoms with Gasteiger partial charge in [0.1, 0.15) is 5.00 Å². The molecule has 0 spiro atoms. The van der Waals surface area contributed by atoms with Gasteiger partial charge >= 0.3 is 5.97 Å². The van der Waals surface area contributed by atoms with Crippen molar-refractivity contribution in [3.8, 4) is 0 Å². The first-order valence-electron chi connectivity index (χ1n) is 7.18. The van der Waals surface area contributed by atoms with E-state index in [1.807, 2.05) is 6.92 Å². The minimum absolute atomic E-state index is 0.129. The fraction of sp³-hybridized carbons (Fsp3) is 0.250. The van der Waals surface area contributed by atoms with Crippen molar-refractivity contribution in [1.29, 1.82) is 0 Å². The maximum absolute atomic E-state index is 12.5. The van der Waals surface area contributed by atoms with Gasteiger partial charge in [-0.3, -0.25) is 14.9 Å². The predicted octanol–water partition coefficient (Wildman–Crippen LogP) is 3.70. The highest BCUT2D eigenvalue weighted by Crippen LogP contribution is 2.29. The zero-order valence-electron chi connectivity index (χ0n) is 13.4. The molecule has 7 nitrogen and oxygen atoms in total. The van der Waals surface area contributed by atoms with Gasteiger partial charge < -0.3 is 10.1 Å². The standard InChI is InChI=1S/C16H16N2O5S/c1-4-23-16(20)12-8-9(2)24-15(12)17-14(19)11-6-5-7-13(10(11)3)18(21)22/h5-8H,4H2,1-3H3,(H,17,19). The first kappa shape index (κ1) is 17.6. The lowest BCUT2D eigenvalue weighted by molar-refractivity contribution is -0.385. The highest BCUT2D eigenvalue weighted by molar-refractivity contribution is 7.16. The normalized spacial score (nSPS) is 10.3. The first-order chi connectivity index (χ1) is 11.3. The molecule has 0 saturated heterocycles. The molecule has 0 aliphatic carbocycles. The van der Waals surface area contributed by atoms with E-state index in [-0.39, 0.29) is 29.0 Å². The third kappa shape index (κ3) is 3.60. The molecule has 0 unspecified atom stereocenters. The summed E-state index contributed by atoms with van der Waals surface area (Å²) in [6, 6.07) is 5.93. The molecule has 2 rings (SSSR count). The van der Waals surface area contributed by atoms with Crippen molar-refractivity contribution in [3.05, 3.63) is 55.9 Å². The summed E-state index contributed by atoms with van der Waals surface area (Å²) in [5.41, 5.74) is 0.599. The van der Waals surface area contributed by atoms with Crippen molar-refractivity contribution in [2.24, 2.45) is 0 Å². The van der Waals surface area contributed by atoms with Gasteiger partial charge in [-0.2, -0.15) is 0 Å². The molecular weight excluding hydrogens is 332 g/mol. The Morgan fingerprint density at radius 3 is 2.62 bits per heavy atom. The minimum Gasteiger partial charge on any atom is -0.462 e. The molecule has 8 heteroatoms. The zero-order valence-corrected chi connectivity index (χ0v) is 14.2. The number of anilines is 1. The number of nitrogens with zero attached hydrogens (tertiary/aromatic N) is 1. The Morgan fingerprint density at radius 2 is 2.00 bits per heavy atom. The number of nitro benzene ring substituents is 1. The van der Waals surface area contributed by atoms with E-state index < -0.39 is 16.8 Å². The summed E-state index contributed by atoms with van der Waals surface area (Å²) in [6.45, 7) is 5.24. The van der Waals surface area contributed by atoms with E-state index >= 15 is 0 Å². The van der Waals surface area contributed by atoms with Crippen LogP contribution in [0.5, 0.6) is 0 Å². The topological polar surface area (TPSA) is 98.5 Å². The Labute approximate surface area is 142 Å². The van der Waals surface area contributed by atoms with E-state index in [2.05, 4.69) is 5.32 Å². The second kappa shape index (κ2) is 7.22. The maximum Gasteiger partial charge on any atom is 0.341 e. The van der Waals surface area contributed by atoms with E-state index in [1.165, 1.54) is 36.5 Å². The second-order valence-electron chi connectivity index (χ2n) is 4.98. The Morgan fingerprint density at radius 1 is 1.29 bits per heavy atom. The van der Waals surface area contributed by atoms with Gasteiger partial charge in [0, 0.05) is 22.1 Å². The third-order valence-corrected chi connectivity index (χ3v) is 4.29. The van der Waals surface area contributed by atoms with E-state index in [9.17, 15) is 19.7 Å². The largest absolute Gasteiger partial charge is 0.462 e. The van der Waals surface area contributed by atoms with E-state index in [0.29, 0.717) is 5.00 Å². The van der Waals surface area contributed by atoms with Crippen LogP contribution in [0.25, 0.3) is 0 Å². The quantitative estimate of drug-likeness (QED) is 0.504. The number of hydrogen-bond acceptors (Lipinski definition) is 6. The molecule has 0 bridgehead atoms. The Bertz CT molecular complexity index is 813. The second-order valence-corrected chi connectivity index (χ2v) is 6.24. The van der Waals surface area contributed by atoms with Crippen LogP contribution in [0.15, 0.2) is 24.3 Å². The molecule has 24 heavy (non-hydrogen) atoms. The summed E-state index contributed by atoms with van der Waals surface area (Å²) in [7, 11) is 0. The number of carbonyl (C=O) groups is 2. The summed E-state index contributed by atoms with van der Waals surface area (Å²) in [6.07, 6.45) is 0. The predicted molar refractivity (Wildman–Crippen MR) is 90.8 cm³/mol. The van der Waals surface area contributed by atoms with Crippen molar-refractivity contribution in [3.63, 3.8) is 0 Å². The lowest BCUT2D eigenvalue weighted by Crippen LogP contribution is -2.15. The van der Waals surface area contributed by atoms with Crippen molar-refractivity contribution in [2.45, 2.75) is 20.8 Å². The monoisotopic (exact) mass is 348 g/mol. The fourth-order valence-corrected chi connectivity index (χ4v) is 3.10. The molecule has 0 fully saturated rings. The zero-order chi connectivity index (χ0) is 17.9. The number of carbonyl (C=O) groups excluding carboxylic acids is 2. The number of amides is 1. The molecule has 1 N–H and O–H groups in total. The number of benzene rings is 1. The van der Waals surface area contributed by atoms with E-state index in [4.69, 9.17) is 4.74 Å². The van der Waals surface area contributed by atoms with Gasteiger partial charge in [-0.1, -0.05) is 6.07 Å². The molecular formula is C16H16N2O5S. The Balaban J connectivity index is 2.33. The molecule has 0 aliphatic heterocycles. The van der Waals surface area contributed by atoms with Crippen LogP contribution in [0.1, 0.15) is 38.1 Å². The molecule has 0 saturated carbocycles. The van der Waals surface area contributed by atoms with Gasteiger partial charge in [-0.05, 0) is 32.9 Å². The lowest BCUT2D eigenvalue weighted by atomic mass is 10.1. The fourth-order valence-electron chi connectivity index (χ4n) is 2.21. The van der Waals surface area contributed by atoms with Crippen LogP contribution in [-0.2, 0) is 4.74 Å². The molecule has 1 aromatic heterocycles. The van der Waals surface area contributed by atoms with Crippen LogP contribution < -0.4 is 5.32 Å². The summed E-state index contributed by atoms with van der Waals surface area (Å²) in [5.74, 6) is -1.03. The van der Waals surface area contributed by atoms with Gasteiger partial charge in [0.25, 0.3) is 11.6 Å². The molecule has 2 aromatic rings. The number of rotatable bonds is 5. The van der Waals surface area contributed by atoms with Crippen LogP contribution in [0.4, 0.5) is 10.7 Å². The van der Waals surface area contributed by atoms with Crippen LogP contribution in [0.3, 0.4) is 0 Å². The van der Waals surface area contributed by atoms with Gasteiger partial charge in [-0.15, -0.1) is 11.3 Å². The average molecular weight is 348 g/mol. The van der Waals surface area contributed by atoms with Crippen LogP contribution in [-0.4, -0.2) is 23.4 Å². The van der Waals surface area contributed by atoms with Crippen LogP contribution in [0.2, 0.25) is 0 Å². The van der Waals surface area contributed by atoms with Crippen LogP contribution in [0, 0.1) is 24.0 Å². The van der Waals surface area contributed by atoms with E-state index in [1.54, 1.807) is 13.0 Å². The molecule has 1 heterocycles. The third-order valence-electron chi connectivity index (χ3n) is 3.32. The minimum atomic E-state index is -0.536. The number of thiophene rings is 1. The van der Waals surface area contributed by atoms with Gasteiger partial charge in [0.15, 0.2) is 0 Å². The van der Waals surface area contributed by atoms with Crippen LogP contribution >= 0.6 is 11.3 Å². The summed E-state index contributed by atoms with van der Waals surface area (Å²) >= 11 is 1.24. The summed E-state index contributed by atoms with van der Waals surface area (Å²) < 4.78 is 4.97. The first-order valence-corrected chi connectivity index (χ1v) is 7.99. The number of nitrogens with one attached hydrogen (secondary N) is 1. The van der Waals surface area contributed by atoms with E-state index in [0.717, 1.165) is 4.88 Å². The van der Waals surface area contributed by atoms with Gasteiger partial charge in [0.2, 0.25) is 0 Å². The van der Waals surface area contributed by atoms with Crippen molar-refractivity contribution in [2.75, 3.05) is 11.9 Å². The maximum atomic E-state index is 12.5. The Hall–Kier alpha value is -2.74. The lowest BCUT2D eigenvalue weighted by Gasteiger charge is -2.08. The van der Waals surface area contributed by atoms with Gasteiger partial charge in [-0.25, -0.2) is 4.79 Å². The smallest absolute Gasteiger partial charge is 0.341 e. The highest BCUT2D eigenvalue weighted by atomic mass is 32.1. The molecule has 126 valence electrons. The van der Waals surface area contributed by atoms with Gasteiger partial charge in [0.05, 0.1) is 17.1 Å². The van der Waals surface area contributed by atoms with Crippen molar-refractivity contribution in [1.82, 2.24) is 0 Å². The SMILES string of the molecule is CCOC(=O)c1cc(C)sc1NC(=O)c1cccc([N+](=O)[O-])c1C. The number of nitro groups is 1. The molecule has 0 radical (unpaired) electrons. The average Bonchev–Trinajstić information content (AvgIpc) is 2.88. The number of hydrogen-bond donors (Lipinski definition) is 1.